The molecular formula is C11H8F3N3. The van der Waals surface area contributed by atoms with Crippen LogP contribution >= 0.6 is 0 Å². The van der Waals surface area contributed by atoms with Gasteiger partial charge >= 0.3 is 6.18 Å². The second-order valence-corrected chi connectivity index (χ2v) is 3.43. The number of halogens is 3. The van der Waals surface area contributed by atoms with Crippen LogP contribution in [0.5, 0.6) is 0 Å². The van der Waals surface area contributed by atoms with Crippen LogP contribution in [0.25, 0.3) is 11.1 Å². The predicted octanol–water partition coefficient (Wildman–Crippen LogP) is 2.74. The second-order valence-electron chi connectivity index (χ2n) is 3.43. The van der Waals surface area contributed by atoms with Crippen LogP contribution in [-0.4, -0.2) is 9.97 Å². The van der Waals surface area contributed by atoms with Crippen LogP contribution in [0.2, 0.25) is 0 Å². The average molecular weight is 239 g/mol. The highest BCUT2D eigenvalue weighted by Gasteiger charge is 2.30. The van der Waals surface area contributed by atoms with E-state index in [0.717, 1.165) is 12.1 Å². The minimum absolute atomic E-state index is 0.0506. The summed E-state index contributed by atoms with van der Waals surface area (Å²) in [5.74, 6) is 0. The van der Waals surface area contributed by atoms with Crippen LogP contribution in [0.15, 0.2) is 36.9 Å². The molecule has 0 atom stereocenters. The summed E-state index contributed by atoms with van der Waals surface area (Å²) < 4.78 is 37.3. The van der Waals surface area contributed by atoms with Crippen molar-refractivity contribution in [2.45, 2.75) is 6.18 Å². The Balaban J connectivity index is 2.46. The quantitative estimate of drug-likeness (QED) is 0.778. The van der Waals surface area contributed by atoms with Crippen molar-refractivity contribution in [3.8, 4) is 11.1 Å². The Hall–Kier alpha value is -2.11. The summed E-state index contributed by atoms with van der Waals surface area (Å²) >= 11 is 0. The van der Waals surface area contributed by atoms with Gasteiger partial charge in [-0.3, -0.25) is 0 Å². The first-order valence-corrected chi connectivity index (χ1v) is 4.70. The summed E-state index contributed by atoms with van der Waals surface area (Å²) in [5, 5.41) is 0. The molecule has 0 aliphatic carbocycles. The molecule has 1 heterocycles. The van der Waals surface area contributed by atoms with Crippen molar-refractivity contribution < 1.29 is 13.2 Å². The third-order valence-electron chi connectivity index (χ3n) is 2.25. The smallest absolute Gasteiger partial charge is 0.398 e. The molecule has 17 heavy (non-hydrogen) atoms. The highest BCUT2D eigenvalue weighted by molar-refractivity contribution is 5.75. The number of nitrogens with two attached hydrogens (primary N) is 1. The maximum absolute atomic E-state index is 12.4. The molecule has 0 aliphatic heterocycles. The number of nitrogens with zero attached hydrogens (tertiary/aromatic N) is 2. The van der Waals surface area contributed by atoms with E-state index in [1.165, 1.54) is 24.8 Å². The molecule has 1 aromatic carbocycles. The molecule has 0 aliphatic rings. The molecule has 2 aromatic rings. The van der Waals surface area contributed by atoms with Gasteiger partial charge in [0.05, 0.1) is 5.56 Å². The predicted molar refractivity (Wildman–Crippen MR) is 56.9 cm³/mol. The van der Waals surface area contributed by atoms with Gasteiger partial charge in [-0.25, -0.2) is 9.97 Å². The normalized spacial score (nSPS) is 11.5. The fraction of sp³-hybridized carbons (Fsp3) is 0.0909. The van der Waals surface area contributed by atoms with Gasteiger partial charge in [-0.15, -0.1) is 0 Å². The summed E-state index contributed by atoms with van der Waals surface area (Å²) in [6.45, 7) is 0. The average Bonchev–Trinajstić information content (AvgIpc) is 2.29. The van der Waals surface area contributed by atoms with E-state index >= 15 is 0 Å². The third kappa shape index (κ3) is 2.35. The molecule has 0 spiro atoms. The lowest BCUT2D eigenvalue weighted by atomic mass is 10.0. The largest absolute Gasteiger partial charge is 0.416 e. The van der Waals surface area contributed by atoms with E-state index in [2.05, 4.69) is 9.97 Å². The summed E-state index contributed by atoms with van der Waals surface area (Å²) in [6.07, 6.45) is -0.0679. The highest BCUT2D eigenvalue weighted by atomic mass is 19.4. The van der Waals surface area contributed by atoms with Crippen LogP contribution in [0.1, 0.15) is 5.56 Å². The number of aromatic nitrogens is 2. The minimum atomic E-state index is -4.39. The lowest BCUT2D eigenvalue weighted by molar-refractivity contribution is -0.137. The van der Waals surface area contributed by atoms with Crippen LogP contribution in [0, 0.1) is 0 Å². The van der Waals surface area contributed by atoms with E-state index in [0.29, 0.717) is 11.1 Å². The molecule has 88 valence electrons. The van der Waals surface area contributed by atoms with E-state index in [-0.39, 0.29) is 5.69 Å². The zero-order valence-corrected chi connectivity index (χ0v) is 8.57. The molecule has 0 amide bonds. The molecule has 0 bridgehead atoms. The zero-order chi connectivity index (χ0) is 12.5. The van der Waals surface area contributed by atoms with Gasteiger partial charge in [0.15, 0.2) is 0 Å². The summed E-state index contributed by atoms with van der Waals surface area (Å²) in [4.78, 5) is 7.57. The highest BCUT2D eigenvalue weighted by Crippen LogP contribution is 2.34. The molecule has 0 radical (unpaired) electrons. The van der Waals surface area contributed by atoms with Crippen LogP contribution in [-0.2, 0) is 6.18 Å². The molecule has 0 saturated carbocycles. The number of rotatable bonds is 1. The van der Waals surface area contributed by atoms with E-state index in [1.54, 1.807) is 0 Å². The van der Waals surface area contributed by atoms with Gasteiger partial charge in [-0.1, -0.05) is 6.07 Å². The minimum Gasteiger partial charge on any atom is -0.398 e. The maximum atomic E-state index is 12.4. The van der Waals surface area contributed by atoms with E-state index < -0.39 is 11.7 Å². The van der Waals surface area contributed by atoms with Gasteiger partial charge in [0.25, 0.3) is 0 Å². The molecule has 6 heteroatoms. The first kappa shape index (κ1) is 11.4. The second kappa shape index (κ2) is 4.04. The molecule has 0 fully saturated rings. The monoisotopic (exact) mass is 239 g/mol. The molecule has 2 N–H and O–H groups in total. The third-order valence-corrected chi connectivity index (χ3v) is 2.25. The lowest BCUT2D eigenvalue weighted by Crippen LogP contribution is -2.06. The Kier molecular flexibility index (Phi) is 2.71. The molecule has 2 rings (SSSR count). The van der Waals surface area contributed by atoms with Crippen molar-refractivity contribution >= 4 is 5.69 Å². The van der Waals surface area contributed by atoms with E-state index in [1.807, 2.05) is 0 Å². The Morgan fingerprint density at radius 3 is 2.24 bits per heavy atom. The van der Waals surface area contributed by atoms with Crippen molar-refractivity contribution in [2.75, 3.05) is 5.73 Å². The zero-order valence-electron chi connectivity index (χ0n) is 8.57. The SMILES string of the molecule is Nc1cc(C(F)(F)F)ccc1-c1cncnc1. The van der Waals surface area contributed by atoms with Crippen molar-refractivity contribution in [1.82, 2.24) is 9.97 Å². The van der Waals surface area contributed by atoms with Gasteiger partial charge in [0.2, 0.25) is 0 Å². The van der Waals surface area contributed by atoms with Crippen molar-refractivity contribution in [2.24, 2.45) is 0 Å². The van der Waals surface area contributed by atoms with Crippen molar-refractivity contribution in [3.63, 3.8) is 0 Å². The van der Waals surface area contributed by atoms with Gasteiger partial charge < -0.3 is 5.73 Å². The summed E-state index contributed by atoms with van der Waals surface area (Å²) in [7, 11) is 0. The Morgan fingerprint density at radius 1 is 1.06 bits per heavy atom. The maximum Gasteiger partial charge on any atom is 0.416 e. The first-order chi connectivity index (χ1) is 7.98. The summed E-state index contributed by atoms with van der Waals surface area (Å²) in [6, 6.07) is 3.21. The van der Waals surface area contributed by atoms with Gasteiger partial charge in [-0.05, 0) is 12.1 Å². The number of alkyl halides is 3. The van der Waals surface area contributed by atoms with Crippen LogP contribution in [0.4, 0.5) is 18.9 Å². The number of nitrogen functional groups attached to an aromatic ring is 1. The molecule has 1 aromatic heterocycles. The topological polar surface area (TPSA) is 51.8 Å². The van der Waals surface area contributed by atoms with E-state index in [4.69, 9.17) is 5.73 Å². The van der Waals surface area contributed by atoms with Gasteiger partial charge in [-0.2, -0.15) is 13.2 Å². The first-order valence-electron chi connectivity index (χ1n) is 4.70. The standard InChI is InChI=1S/C11H8F3N3/c12-11(13,14)8-1-2-9(10(15)3-8)7-4-16-6-17-5-7/h1-6H,15H2. The van der Waals surface area contributed by atoms with Crippen molar-refractivity contribution in [1.29, 1.82) is 0 Å². The Labute approximate surface area is 95.1 Å². The molecule has 0 unspecified atom stereocenters. The summed E-state index contributed by atoms with van der Waals surface area (Å²) in [5.41, 5.74) is 5.94. The number of hydrogen-bond donors (Lipinski definition) is 1. The van der Waals surface area contributed by atoms with Crippen LogP contribution < -0.4 is 5.73 Å². The van der Waals surface area contributed by atoms with E-state index in [9.17, 15) is 13.2 Å². The lowest BCUT2D eigenvalue weighted by Gasteiger charge is -2.10. The Morgan fingerprint density at radius 2 is 1.71 bits per heavy atom. The molecule has 3 nitrogen and oxygen atoms in total. The van der Waals surface area contributed by atoms with Gasteiger partial charge in [0, 0.05) is 29.2 Å². The fourth-order valence-electron chi connectivity index (χ4n) is 1.44. The number of hydrogen-bond acceptors (Lipinski definition) is 3. The molecule has 0 saturated heterocycles. The van der Waals surface area contributed by atoms with Crippen LogP contribution in [0.3, 0.4) is 0 Å². The number of anilines is 1. The number of benzene rings is 1. The van der Waals surface area contributed by atoms with Crippen molar-refractivity contribution in [3.05, 3.63) is 42.5 Å². The Bertz CT molecular complexity index is 523. The fourth-order valence-corrected chi connectivity index (χ4v) is 1.44. The van der Waals surface area contributed by atoms with Gasteiger partial charge in [0.1, 0.15) is 6.33 Å². The molecular weight excluding hydrogens is 231 g/mol.